The van der Waals surface area contributed by atoms with E-state index in [-0.39, 0.29) is 11.1 Å². The molecule has 1 fully saturated rings. The SMILES string of the molecule is CC12N=CC=NC1Sc1ccc(CN3CCC(C(=O)O)(c4ccc(O)cc4)CC3)cc1N2. The highest BCUT2D eigenvalue weighted by molar-refractivity contribution is 8.00. The lowest BCUT2D eigenvalue weighted by Gasteiger charge is -2.40. The van der Waals surface area contributed by atoms with Gasteiger partial charge in [0.15, 0.2) is 5.66 Å². The molecule has 7 nitrogen and oxygen atoms in total. The van der Waals surface area contributed by atoms with Crippen molar-refractivity contribution >= 4 is 35.8 Å². The fourth-order valence-electron chi connectivity index (χ4n) is 4.78. The lowest BCUT2D eigenvalue weighted by molar-refractivity contribution is -0.146. The lowest BCUT2D eigenvalue weighted by Crippen LogP contribution is -2.47. The molecule has 3 aliphatic rings. The van der Waals surface area contributed by atoms with Gasteiger partial charge in [-0.15, -0.1) is 0 Å². The Morgan fingerprint density at radius 1 is 1.19 bits per heavy atom. The molecule has 2 unspecified atom stereocenters. The fraction of sp³-hybridized carbons (Fsp3) is 0.375. The first-order chi connectivity index (χ1) is 15.4. The lowest BCUT2D eigenvalue weighted by atomic mass is 9.72. The van der Waals surface area contributed by atoms with Crippen molar-refractivity contribution in [3.63, 3.8) is 0 Å². The van der Waals surface area contributed by atoms with Gasteiger partial charge in [0.05, 0.1) is 11.1 Å². The Balaban J connectivity index is 1.29. The van der Waals surface area contributed by atoms with Gasteiger partial charge in [-0.3, -0.25) is 19.7 Å². The van der Waals surface area contributed by atoms with Crippen LogP contribution in [-0.4, -0.2) is 57.6 Å². The van der Waals surface area contributed by atoms with E-state index in [1.54, 1.807) is 48.5 Å². The Hall–Kier alpha value is -2.84. The van der Waals surface area contributed by atoms with Gasteiger partial charge >= 0.3 is 5.97 Å². The molecule has 0 spiro atoms. The number of likely N-dealkylation sites (tertiary alicyclic amines) is 1. The van der Waals surface area contributed by atoms with E-state index >= 15 is 0 Å². The number of fused-ring (bicyclic) bond motifs is 2. The van der Waals surface area contributed by atoms with Crippen molar-refractivity contribution in [3.05, 3.63) is 53.6 Å². The molecule has 1 saturated heterocycles. The van der Waals surface area contributed by atoms with Crippen LogP contribution in [0.5, 0.6) is 5.75 Å². The summed E-state index contributed by atoms with van der Waals surface area (Å²) in [5.74, 6) is -0.645. The number of carboxylic acids is 1. The summed E-state index contributed by atoms with van der Waals surface area (Å²) in [5.41, 5.74) is 1.68. The van der Waals surface area contributed by atoms with Gasteiger partial charge in [-0.25, -0.2) is 0 Å². The summed E-state index contributed by atoms with van der Waals surface area (Å²) in [5, 5.41) is 23.2. The Bertz CT molecular complexity index is 1090. The number of phenols is 1. The van der Waals surface area contributed by atoms with Crippen LogP contribution in [0.15, 0.2) is 57.3 Å². The molecule has 32 heavy (non-hydrogen) atoms. The molecule has 0 bridgehead atoms. The number of rotatable bonds is 4. The van der Waals surface area contributed by atoms with Crippen molar-refractivity contribution in [1.29, 1.82) is 0 Å². The van der Waals surface area contributed by atoms with Crippen LogP contribution >= 0.6 is 11.8 Å². The summed E-state index contributed by atoms with van der Waals surface area (Å²) in [4.78, 5) is 24.9. The summed E-state index contributed by atoms with van der Waals surface area (Å²) < 4.78 is 0. The van der Waals surface area contributed by atoms with Gasteiger partial charge in [-0.05, 0) is 68.2 Å². The van der Waals surface area contributed by atoms with E-state index < -0.39 is 17.0 Å². The minimum Gasteiger partial charge on any atom is -0.508 e. The van der Waals surface area contributed by atoms with Crippen LogP contribution in [0.25, 0.3) is 0 Å². The molecule has 3 N–H and O–H groups in total. The van der Waals surface area contributed by atoms with Gasteiger partial charge in [-0.2, -0.15) is 0 Å². The molecule has 2 aromatic carbocycles. The molecule has 5 rings (SSSR count). The molecule has 0 amide bonds. The maximum atomic E-state index is 12.2. The van der Waals surface area contributed by atoms with Gasteiger partial charge in [0.2, 0.25) is 0 Å². The number of phenolic OH excluding ortho intramolecular Hbond substituents is 1. The largest absolute Gasteiger partial charge is 0.508 e. The summed E-state index contributed by atoms with van der Waals surface area (Å²) >= 11 is 1.73. The quantitative estimate of drug-likeness (QED) is 0.657. The standard InChI is InChI=1S/C24H26N4O3S/c1-23-21(25-10-11-26-23)32-20-7-2-16(14-19(20)27-23)15-28-12-8-24(9-13-28,22(30)31)17-3-5-18(29)6-4-17/h2-7,10-11,14,21,27,29H,8-9,12-13,15H2,1H3,(H,30,31). The topological polar surface area (TPSA) is 97.5 Å². The van der Waals surface area contributed by atoms with E-state index in [4.69, 9.17) is 0 Å². The number of aromatic hydroxyl groups is 1. The van der Waals surface area contributed by atoms with Crippen LogP contribution in [0.1, 0.15) is 30.9 Å². The molecule has 3 aliphatic heterocycles. The van der Waals surface area contributed by atoms with Crippen molar-refractivity contribution < 1.29 is 15.0 Å². The predicted molar refractivity (Wildman–Crippen MR) is 127 cm³/mol. The van der Waals surface area contributed by atoms with Crippen LogP contribution in [0, 0.1) is 0 Å². The third kappa shape index (κ3) is 3.67. The number of nitrogens with one attached hydrogen (secondary N) is 1. The molecule has 8 heteroatoms. The number of carboxylic acid groups (broad SMARTS) is 1. The zero-order chi connectivity index (χ0) is 22.3. The minimum atomic E-state index is -0.901. The number of carbonyl (C=O) groups is 1. The third-order valence-corrected chi connectivity index (χ3v) is 8.14. The molecule has 2 atom stereocenters. The summed E-state index contributed by atoms with van der Waals surface area (Å²) in [6.07, 6.45) is 4.58. The highest BCUT2D eigenvalue weighted by Gasteiger charge is 2.43. The number of hydrogen-bond acceptors (Lipinski definition) is 7. The van der Waals surface area contributed by atoms with Crippen LogP contribution in [-0.2, 0) is 16.8 Å². The highest BCUT2D eigenvalue weighted by atomic mass is 32.2. The summed E-state index contributed by atoms with van der Waals surface area (Å²) in [7, 11) is 0. The summed E-state index contributed by atoms with van der Waals surface area (Å²) in [6, 6.07) is 13.1. The number of thioether (sulfide) groups is 1. The minimum absolute atomic E-state index is 0.0250. The van der Waals surface area contributed by atoms with Crippen LogP contribution < -0.4 is 5.32 Å². The van der Waals surface area contributed by atoms with E-state index in [0.717, 1.165) is 17.8 Å². The fourth-order valence-corrected chi connectivity index (χ4v) is 5.88. The molecule has 0 saturated carbocycles. The van der Waals surface area contributed by atoms with Gasteiger partial charge < -0.3 is 15.5 Å². The van der Waals surface area contributed by atoms with Gasteiger partial charge in [0.1, 0.15) is 11.1 Å². The van der Waals surface area contributed by atoms with Crippen molar-refractivity contribution in [1.82, 2.24) is 4.90 Å². The first-order valence-electron chi connectivity index (χ1n) is 10.8. The Kier molecular flexibility index (Phi) is 5.22. The van der Waals surface area contributed by atoms with E-state index in [9.17, 15) is 15.0 Å². The van der Waals surface area contributed by atoms with Crippen LogP contribution in [0.3, 0.4) is 0 Å². The maximum Gasteiger partial charge on any atom is 0.314 e. The molecule has 2 aromatic rings. The first kappa shape index (κ1) is 21.0. The van der Waals surface area contributed by atoms with Crippen LogP contribution in [0.2, 0.25) is 0 Å². The molecule has 3 heterocycles. The number of nitrogens with zero attached hydrogens (tertiary/aromatic N) is 3. The van der Waals surface area contributed by atoms with E-state index in [0.29, 0.717) is 25.9 Å². The van der Waals surface area contributed by atoms with Crippen molar-refractivity contribution in [2.75, 3.05) is 18.4 Å². The average molecular weight is 451 g/mol. The first-order valence-corrected chi connectivity index (χ1v) is 11.7. The molecule has 0 aromatic heterocycles. The molecule has 0 aliphatic carbocycles. The number of aliphatic carboxylic acids is 1. The highest BCUT2D eigenvalue weighted by Crippen LogP contribution is 2.45. The normalized spacial score (nSPS) is 26.1. The van der Waals surface area contributed by atoms with Gasteiger partial charge in [-0.1, -0.05) is 30.0 Å². The Morgan fingerprint density at radius 2 is 1.94 bits per heavy atom. The van der Waals surface area contributed by atoms with E-state index in [1.807, 2.05) is 0 Å². The van der Waals surface area contributed by atoms with Gasteiger partial charge in [0, 0.05) is 23.9 Å². The average Bonchev–Trinajstić information content (AvgIpc) is 2.78. The second kappa shape index (κ2) is 7.94. The second-order valence-electron chi connectivity index (χ2n) is 8.86. The Morgan fingerprint density at radius 3 is 2.66 bits per heavy atom. The van der Waals surface area contributed by atoms with E-state index in [1.165, 1.54) is 10.5 Å². The number of anilines is 1. The molecule has 166 valence electrons. The van der Waals surface area contributed by atoms with Crippen molar-refractivity contribution in [3.8, 4) is 5.75 Å². The zero-order valence-electron chi connectivity index (χ0n) is 17.9. The number of hydrogen-bond donors (Lipinski definition) is 3. The van der Waals surface area contributed by atoms with Gasteiger partial charge in [0.25, 0.3) is 0 Å². The Labute approximate surface area is 191 Å². The summed E-state index contributed by atoms with van der Waals surface area (Å²) in [6.45, 7) is 4.23. The van der Waals surface area contributed by atoms with E-state index in [2.05, 4.69) is 45.3 Å². The smallest absolute Gasteiger partial charge is 0.314 e. The third-order valence-electron chi connectivity index (χ3n) is 6.73. The van der Waals surface area contributed by atoms with Crippen molar-refractivity contribution in [2.24, 2.45) is 9.98 Å². The predicted octanol–water partition coefficient (Wildman–Crippen LogP) is 3.73. The monoisotopic (exact) mass is 450 g/mol. The van der Waals surface area contributed by atoms with Crippen molar-refractivity contribution in [2.45, 2.75) is 47.7 Å². The maximum absolute atomic E-state index is 12.2. The number of benzene rings is 2. The second-order valence-corrected chi connectivity index (χ2v) is 9.98. The van der Waals surface area contributed by atoms with Crippen LogP contribution in [0.4, 0.5) is 5.69 Å². The molecule has 0 radical (unpaired) electrons. The zero-order valence-corrected chi connectivity index (χ0v) is 18.7. The number of piperidine rings is 1. The molecular weight excluding hydrogens is 424 g/mol. The number of aliphatic imine (C=N–C) groups is 2. The molecular formula is C24H26N4O3S.